The Balaban J connectivity index is 2.45. The van der Waals surface area contributed by atoms with Crippen LogP contribution in [-0.4, -0.2) is 4.98 Å². The number of nitriles is 1. The third-order valence-corrected chi connectivity index (χ3v) is 2.52. The van der Waals surface area contributed by atoms with Crippen LogP contribution in [0.2, 0.25) is 0 Å². The zero-order valence-electron chi connectivity index (χ0n) is 9.84. The van der Waals surface area contributed by atoms with Crippen LogP contribution < -0.4 is 5.32 Å². The van der Waals surface area contributed by atoms with Gasteiger partial charge < -0.3 is 5.32 Å². The molecule has 0 saturated heterocycles. The monoisotopic (exact) mass is 263 g/mol. The molecule has 2 aromatic rings. The third kappa shape index (κ3) is 2.50. The van der Waals surface area contributed by atoms with E-state index in [1.54, 1.807) is 19.1 Å². The van der Waals surface area contributed by atoms with E-state index in [9.17, 15) is 13.2 Å². The van der Waals surface area contributed by atoms with Crippen molar-refractivity contribution in [3.63, 3.8) is 0 Å². The Labute approximate surface area is 107 Å². The third-order valence-electron chi connectivity index (χ3n) is 2.52. The maximum Gasteiger partial charge on any atom is 0.251 e. The van der Waals surface area contributed by atoms with Crippen molar-refractivity contribution in [2.45, 2.75) is 6.92 Å². The summed E-state index contributed by atoms with van der Waals surface area (Å²) in [4.78, 5) is 3.14. The van der Waals surface area contributed by atoms with Gasteiger partial charge in [-0.25, -0.2) is 8.78 Å². The number of benzene rings is 1. The summed E-state index contributed by atoms with van der Waals surface area (Å²) in [6.07, 6.45) is 0. The summed E-state index contributed by atoms with van der Waals surface area (Å²) >= 11 is 0. The van der Waals surface area contributed by atoms with Gasteiger partial charge in [0, 0.05) is 6.07 Å². The van der Waals surface area contributed by atoms with Crippen molar-refractivity contribution in [2.75, 3.05) is 5.32 Å². The zero-order chi connectivity index (χ0) is 14.0. The van der Waals surface area contributed by atoms with Crippen molar-refractivity contribution in [2.24, 2.45) is 0 Å². The molecule has 1 aromatic carbocycles. The maximum absolute atomic E-state index is 13.4. The van der Waals surface area contributed by atoms with Crippen LogP contribution >= 0.6 is 0 Å². The molecule has 0 aliphatic heterocycles. The van der Waals surface area contributed by atoms with Crippen molar-refractivity contribution in [1.29, 1.82) is 5.26 Å². The van der Waals surface area contributed by atoms with Crippen LogP contribution in [0.4, 0.5) is 24.7 Å². The number of halogens is 3. The van der Waals surface area contributed by atoms with Gasteiger partial charge in [-0.05, 0) is 18.6 Å². The SMILES string of the molecule is Cc1cccc(Nc2nc(F)c(F)cc2F)c1C#N. The molecule has 2 rings (SSSR count). The highest BCUT2D eigenvalue weighted by Crippen LogP contribution is 2.24. The van der Waals surface area contributed by atoms with Crippen molar-refractivity contribution in [1.82, 2.24) is 4.98 Å². The van der Waals surface area contributed by atoms with E-state index in [0.29, 0.717) is 11.6 Å². The van der Waals surface area contributed by atoms with Gasteiger partial charge in [0.15, 0.2) is 17.5 Å². The lowest BCUT2D eigenvalue weighted by atomic mass is 10.1. The van der Waals surface area contributed by atoms with Gasteiger partial charge in [-0.15, -0.1) is 0 Å². The second-order valence-corrected chi connectivity index (χ2v) is 3.83. The quantitative estimate of drug-likeness (QED) is 0.844. The normalized spacial score (nSPS) is 10.1. The highest BCUT2D eigenvalue weighted by atomic mass is 19.2. The number of pyridine rings is 1. The van der Waals surface area contributed by atoms with Crippen LogP contribution in [0.5, 0.6) is 0 Å². The van der Waals surface area contributed by atoms with Gasteiger partial charge in [-0.2, -0.15) is 14.6 Å². The lowest BCUT2D eigenvalue weighted by Gasteiger charge is -2.10. The topological polar surface area (TPSA) is 48.7 Å². The molecule has 1 heterocycles. The molecule has 0 atom stereocenters. The number of anilines is 2. The van der Waals surface area contributed by atoms with Crippen molar-refractivity contribution >= 4 is 11.5 Å². The average molecular weight is 263 g/mol. The van der Waals surface area contributed by atoms with Crippen molar-refractivity contribution in [3.05, 3.63) is 53.0 Å². The first-order valence-electron chi connectivity index (χ1n) is 5.31. The molecule has 0 radical (unpaired) electrons. The minimum atomic E-state index is -1.41. The summed E-state index contributed by atoms with van der Waals surface area (Å²) in [6.45, 7) is 1.71. The van der Waals surface area contributed by atoms with E-state index in [4.69, 9.17) is 5.26 Å². The minimum absolute atomic E-state index is 0.278. The van der Waals surface area contributed by atoms with Gasteiger partial charge >= 0.3 is 0 Å². The van der Waals surface area contributed by atoms with Gasteiger partial charge in [-0.1, -0.05) is 12.1 Å². The lowest BCUT2D eigenvalue weighted by Crippen LogP contribution is -2.03. The summed E-state index contributed by atoms with van der Waals surface area (Å²) in [7, 11) is 0. The van der Waals surface area contributed by atoms with Crippen molar-refractivity contribution < 1.29 is 13.2 Å². The number of nitrogens with zero attached hydrogens (tertiary/aromatic N) is 2. The molecule has 6 heteroatoms. The molecule has 0 fully saturated rings. The fourth-order valence-electron chi connectivity index (χ4n) is 1.58. The first kappa shape index (κ1) is 12.9. The van der Waals surface area contributed by atoms with E-state index in [1.807, 2.05) is 6.07 Å². The molecule has 0 bridgehead atoms. The molecule has 0 amide bonds. The summed E-state index contributed by atoms with van der Waals surface area (Å²) in [5.74, 6) is -4.28. The number of hydrogen-bond donors (Lipinski definition) is 1. The van der Waals surface area contributed by atoms with Crippen LogP contribution in [0, 0.1) is 35.8 Å². The fraction of sp³-hybridized carbons (Fsp3) is 0.0769. The Morgan fingerprint density at radius 3 is 2.63 bits per heavy atom. The highest BCUT2D eigenvalue weighted by molar-refractivity contribution is 5.66. The summed E-state index contributed by atoms with van der Waals surface area (Å²) in [5, 5.41) is 11.5. The van der Waals surface area contributed by atoms with Crippen LogP contribution in [0.3, 0.4) is 0 Å². The predicted octanol–water partition coefficient (Wildman–Crippen LogP) is 3.42. The fourth-order valence-corrected chi connectivity index (χ4v) is 1.58. The number of hydrogen-bond acceptors (Lipinski definition) is 3. The Morgan fingerprint density at radius 2 is 1.95 bits per heavy atom. The Morgan fingerprint density at radius 1 is 1.21 bits per heavy atom. The summed E-state index contributed by atoms with van der Waals surface area (Å²) in [5.41, 5.74) is 1.24. The average Bonchev–Trinajstić information content (AvgIpc) is 2.36. The van der Waals surface area contributed by atoms with Crippen LogP contribution in [0.1, 0.15) is 11.1 Å². The number of aryl methyl sites for hydroxylation is 1. The van der Waals surface area contributed by atoms with E-state index in [-0.39, 0.29) is 11.3 Å². The Kier molecular flexibility index (Phi) is 3.38. The first-order valence-corrected chi connectivity index (χ1v) is 5.31. The summed E-state index contributed by atoms with van der Waals surface area (Å²) in [6, 6.07) is 7.22. The zero-order valence-corrected chi connectivity index (χ0v) is 9.84. The molecule has 0 aliphatic rings. The van der Waals surface area contributed by atoms with E-state index in [2.05, 4.69) is 10.3 Å². The van der Waals surface area contributed by atoms with Gasteiger partial charge in [0.25, 0.3) is 5.95 Å². The number of nitrogens with one attached hydrogen (secondary N) is 1. The van der Waals surface area contributed by atoms with Crippen LogP contribution in [0.25, 0.3) is 0 Å². The largest absolute Gasteiger partial charge is 0.337 e. The second kappa shape index (κ2) is 4.98. The highest BCUT2D eigenvalue weighted by Gasteiger charge is 2.13. The van der Waals surface area contributed by atoms with E-state index >= 15 is 0 Å². The standard InChI is InChI=1S/C13H8F3N3/c1-7-3-2-4-11(8(7)6-17)18-13-10(15)5-9(14)12(16)19-13/h2-5H,1H3,(H,18,19). The Hall–Kier alpha value is -2.55. The molecule has 0 spiro atoms. The predicted molar refractivity (Wildman–Crippen MR) is 63.3 cm³/mol. The molecule has 0 aliphatic carbocycles. The molecule has 0 saturated carbocycles. The molecular weight excluding hydrogens is 255 g/mol. The van der Waals surface area contributed by atoms with Gasteiger partial charge in [0.1, 0.15) is 6.07 Å². The van der Waals surface area contributed by atoms with Gasteiger partial charge in [0.05, 0.1) is 11.3 Å². The van der Waals surface area contributed by atoms with E-state index in [1.165, 1.54) is 6.07 Å². The summed E-state index contributed by atoms with van der Waals surface area (Å²) < 4.78 is 39.2. The van der Waals surface area contributed by atoms with Crippen LogP contribution in [-0.2, 0) is 0 Å². The molecule has 3 nitrogen and oxygen atoms in total. The number of aromatic nitrogens is 1. The number of rotatable bonds is 2. The molecular formula is C13H8F3N3. The van der Waals surface area contributed by atoms with E-state index < -0.39 is 23.4 Å². The minimum Gasteiger partial charge on any atom is -0.337 e. The lowest BCUT2D eigenvalue weighted by molar-refractivity contribution is 0.467. The Bertz CT molecular complexity index is 678. The molecule has 0 unspecified atom stereocenters. The van der Waals surface area contributed by atoms with Crippen molar-refractivity contribution in [3.8, 4) is 6.07 Å². The smallest absolute Gasteiger partial charge is 0.251 e. The van der Waals surface area contributed by atoms with Crippen LogP contribution in [0.15, 0.2) is 24.3 Å². The first-order chi connectivity index (χ1) is 9.02. The molecule has 96 valence electrons. The molecule has 1 aromatic heterocycles. The molecule has 1 N–H and O–H groups in total. The molecule has 19 heavy (non-hydrogen) atoms. The maximum atomic E-state index is 13.4. The van der Waals surface area contributed by atoms with E-state index in [0.717, 1.165) is 0 Å². The van der Waals surface area contributed by atoms with Gasteiger partial charge in [0.2, 0.25) is 0 Å². The second-order valence-electron chi connectivity index (χ2n) is 3.83. The van der Waals surface area contributed by atoms with Gasteiger partial charge in [-0.3, -0.25) is 0 Å².